The van der Waals surface area contributed by atoms with Gasteiger partial charge in [0.05, 0.1) is 73.3 Å². The molecule has 2 unspecified atom stereocenters. The summed E-state index contributed by atoms with van der Waals surface area (Å²) in [5.41, 5.74) is 8.04. The van der Waals surface area contributed by atoms with Crippen LogP contribution in [0.2, 0.25) is 0 Å². The maximum absolute atomic E-state index is 14.7. The van der Waals surface area contributed by atoms with Gasteiger partial charge in [0.1, 0.15) is 28.8 Å². The predicted molar refractivity (Wildman–Crippen MR) is 306 cm³/mol. The van der Waals surface area contributed by atoms with E-state index >= 15 is 0 Å². The number of methoxy groups -OCH3 is 2. The average Bonchev–Trinajstić information content (AvgIpc) is 1.45. The van der Waals surface area contributed by atoms with E-state index in [-0.39, 0.29) is 64.8 Å². The second-order valence-corrected chi connectivity index (χ2v) is 23.1. The zero-order valence-corrected chi connectivity index (χ0v) is 47.9. The Balaban J connectivity index is 0.948. The van der Waals surface area contributed by atoms with Crippen LogP contribution in [0, 0.1) is 30.6 Å². The van der Waals surface area contributed by atoms with Gasteiger partial charge in [-0.2, -0.15) is 5.10 Å². The van der Waals surface area contributed by atoms with Crippen molar-refractivity contribution < 1.29 is 68.5 Å². The summed E-state index contributed by atoms with van der Waals surface area (Å²) in [5.74, 6) is -7.16. The summed E-state index contributed by atoms with van der Waals surface area (Å²) in [6, 6.07) is 3.87. The Morgan fingerprint density at radius 3 is 2.45 bits per heavy atom. The summed E-state index contributed by atoms with van der Waals surface area (Å²) in [6.07, 6.45) is 4.66. The first-order valence-electron chi connectivity index (χ1n) is 28.3. The lowest BCUT2D eigenvalue weighted by molar-refractivity contribution is -0.254. The largest absolute Gasteiger partial charge is 0.507 e. The summed E-state index contributed by atoms with van der Waals surface area (Å²) in [5, 5.41) is 68.7. The molecule has 2 saturated heterocycles. The summed E-state index contributed by atoms with van der Waals surface area (Å²) in [6.45, 7) is 16.9. The fraction of sp³-hybridized carbons (Fsp3) is 0.422. The molecule has 10 atom stereocenters. The van der Waals surface area contributed by atoms with Crippen LogP contribution in [0.1, 0.15) is 134 Å². The van der Waals surface area contributed by atoms with E-state index in [0.29, 0.717) is 34.5 Å². The van der Waals surface area contributed by atoms with E-state index in [1.54, 1.807) is 13.8 Å². The van der Waals surface area contributed by atoms with Crippen LogP contribution in [-0.2, 0) is 41.4 Å². The number of ether oxygens (including phenoxy) is 4. The number of aliphatic hydroxyl groups excluding tert-OH is 2. The number of fused-ring (bicyclic) bond motifs is 10. The molecule has 4 aliphatic heterocycles. The van der Waals surface area contributed by atoms with Crippen molar-refractivity contribution in [1.29, 1.82) is 0 Å². The lowest BCUT2D eigenvalue weighted by atomic mass is 9.71. The summed E-state index contributed by atoms with van der Waals surface area (Å²) < 4.78 is 23.3. The number of carbonyl (C=O) groups excluding carboxylic acids is 5. The third-order valence-corrected chi connectivity index (χ3v) is 18.5. The Bertz CT molecular complexity index is 3780. The smallest absolute Gasteiger partial charge is 0.321 e. The number of H-pyrrole nitrogens is 1. The number of aromatic amines is 1. The number of esters is 1. The molecule has 5 heterocycles. The van der Waals surface area contributed by atoms with Gasteiger partial charge >= 0.3 is 5.97 Å². The Morgan fingerprint density at radius 1 is 1.01 bits per heavy atom. The minimum Gasteiger partial charge on any atom is -0.507 e. The molecule has 1 saturated carbocycles. The number of phenols is 2. The molecule has 0 spiro atoms. The van der Waals surface area contributed by atoms with Gasteiger partial charge in [-0.3, -0.25) is 29.0 Å². The first-order valence-corrected chi connectivity index (χ1v) is 28.3. The van der Waals surface area contributed by atoms with Crippen molar-refractivity contribution in [3.63, 3.8) is 0 Å². The Kier molecular flexibility index (Phi) is 14.7. The number of hydrazone groups is 1. The average molecular weight is 1130 g/mol. The topological polar surface area (TPSA) is 288 Å². The number of phenolic OH excluding ortho intramolecular Hbond substituents is 2. The van der Waals surface area contributed by atoms with Crippen LogP contribution in [0.4, 0.5) is 0 Å². The maximum atomic E-state index is 14.7. The highest BCUT2D eigenvalue weighted by Crippen LogP contribution is 2.53. The molecule has 2 aromatic carbocycles. The van der Waals surface area contributed by atoms with E-state index < -0.39 is 119 Å². The number of allylic oxidation sites excluding steroid dienone is 9. The maximum Gasteiger partial charge on any atom is 0.321 e. The number of hydrogen-bond acceptors (Lipinski definition) is 17. The van der Waals surface area contributed by atoms with Crippen molar-refractivity contribution in [1.82, 2.24) is 15.7 Å². The van der Waals surface area contributed by atoms with Gasteiger partial charge in [-0.05, 0) is 116 Å². The number of aliphatic hydroxyl groups is 3. The van der Waals surface area contributed by atoms with Gasteiger partial charge in [-0.25, -0.2) is 5.43 Å². The number of carbonyl (C=O) groups is 5. The predicted octanol–water partition coefficient (Wildman–Crippen LogP) is 5.18. The number of rotatable bonds is 12. The second kappa shape index (κ2) is 21.4. The Morgan fingerprint density at radius 2 is 1.76 bits per heavy atom. The highest BCUT2D eigenvalue weighted by molar-refractivity contribution is 6.42. The van der Waals surface area contributed by atoms with Crippen molar-refractivity contribution in [2.24, 2.45) is 33.8 Å². The number of aromatic nitrogens is 1. The molecule has 434 valence electrons. The van der Waals surface area contributed by atoms with E-state index in [1.807, 2.05) is 26.0 Å². The highest BCUT2D eigenvalue weighted by atomic mass is 16.7. The van der Waals surface area contributed by atoms with Crippen LogP contribution in [-0.4, -0.2) is 122 Å². The molecule has 0 radical (unpaired) electrons. The molecular weight excluding hydrogens is 1060 g/mol. The van der Waals surface area contributed by atoms with Crippen LogP contribution >= 0.6 is 0 Å². The number of hydrogen-bond donors (Lipinski definition) is 8. The minimum absolute atomic E-state index is 0.0735. The number of aliphatic imine (C=N–C) groups is 1. The highest BCUT2D eigenvalue weighted by Gasteiger charge is 2.53. The first kappa shape index (κ1) is 57.0. The normalized spacial score (nSPS) is 29.5. The fourth-order valence-corrected chi connectivity index (χ4v) is 13.9. The van der Waals surface area contributed by atoms with Gasteiger partial charge in [0.2, 0.25) is 11.7 Å². The third-order valence-electron chi connectivity index (χ3n) is 18.5. The molecule has 8 bridgehead atoms. The van der Waals surface area contributed by atoms with Gasteiger partial charge in [0, 0.05) is 87.4 Å². The number of amides is 1. The molecule has 19 heteroatoms. The van der Waals surface area contributed by atoms with Gasteiger partial charge < -0.3 is 54.8 Å². The lowest BCUT2D eigenvalue weighted by Gasteiger charge is -2.43. The zero-order chi connectivity index (χ0) is 59.4. The molecule has 3 fully saturated rings. The molecule has 1 amide bonds. The second-order valence-electron chi connectivity index (χ2n) is 23.1. The molecule has 19 nitrogen and oxygen atoms in total. The van der Waals surface area contributed by atoms with Gasteiger partial charge in [0.25, 0.3) is 0 Å². The van der Waals surface area contributed by atoms with Crippen molar-refractivity contribution in [3.05, 3.63) is 143 Å². The van der Waals surface area contributed by atoms with Crippen LogP contribution in [0.25, 0.3) is 12.2 Å². The van der Waals surface area contributed by atoms with Crippen molar-refractivity contribution in [2.75, 3.05) is 20.8 Å². The Hall–Kier alpha value is -7.81. The standard InChI is InChI=1S/C64H69N5O14/c1-11-34-27(4)32-19-33(34)21-39-28(5)35(12-2)42(65-39)22-41-30(7)48-56(67-41)51(54(60(48)75)63(78)81-10)55-36(29(6)40(20-32)66-55)16-17-46(71)69-68-45(25-70)64(79)23-38-50(44(24-64)83-47-18-26(3)57(72)31(8)82-47)62(77)53-52(59(38)74)58(73)37-14-13-15-43(80-9)49(37)61(53)76/h11,13-15,20-22,26,29,31,36,41,44,47,54,57,65-66,70,72,74,77,79H,1,12,16-19,23-25H2,2-10H3,(H,69,71)/b39-21-,40-20-,42-22-,55-51?,68-45-/t26-,29-,31-,36+,41?,44+,47+,54?,57-,64+/m1/s1. The van der Waals surface area contributed by atoms with E-state index in [9.17, 15) is 49.5 Å². The SMILES string of the molecule is C=CC1=C2/C=c3\[nH]/c(c(CC)c3C)=C\C3N=C4C(=C3C)C(=O)C(C(=O)OC)C4=C3N/C(=C\C(=C1C)C2)[C@H](C)[C@@H]3CCC(=O)N/N=C(/CO)[C@]1(O)Cc2c(O)c3c(c(O)c2[C@@H](O[C@H]2C[C@@H](C)[C@@H](O)[C@@H](C)O2)C1)C(=O)c1c(OC)cccc1C3=O. The van der Waals surface area contributed by atoms with Crippen molar-refractivity contribution in [3.8, 4) is 17.2 Å². The molecule has 8 aliphatic rings. The molecular formula is C64H69N5O14. The summed E-state index contributed by atoms with van der Waals surface area (Å²) >= 11 is 0. The number of nitrogens with one attached hydrogen (secondary N) is 3. The zero-order valence-electron chi connectivity index (χ0n) is 47.9. The van der Waals surface area contributed by atoms with Crippen molar-refractivity contribution >= 4 is 52.8 Å². The number of benzene rings is 2. The molecule has 4 aliphatic carbocycles. The number of ketones is 3. The quantitative estimate of drug-likeness (QED) is 0.0298. The third kappa shape index (κ3) is 9.09. The van der Waals surface area contributed by atoms with Crippen LogP contribution in [0.3, 0.4) is 0 Å². The number of aromatic hydroxyl groups is 2. The minimum atomic E-state index is -2.24. The van der Waals surface area contributed by atoms with E-state index in [2.05, 4.69) is 60.3 Å². The van der Waals surface area contributed by atoms with Crippen LogP contribution < -0.4 is 26.2 Å². The molecule has 1 aromatic heterocycles. The van der Waals surface area contributed by atoms with Gasteiger partial charge in [0.15, 0.2) is 17.9 Å². The molecule has 11 rings (SSSR count). The molecule has 83 heavy (non-hydrogen) atoms. The molecule has 8 N–H and O–H groups in total. The molecule has 3 aromatic rings. The first-order chi connectivity index (χ1) is 39.6. The number of Topliss-reactive ketones (excluding diaryl/α,β-unsaturated/α-hetero) is 1. The Labute approximate surface area is 479 Å². The fourth-order valence-electron chi connectivity index (χ4n) is 13.9. The lowest BCUT2D eigenvalue weighted by Crippen LogP contribution is -2.49. The van der Waals surface area contributed by atoms with E-state index in [1.165, 1.54) is 32.4 Å². The van der Waals surface area contributed by atoms with Crippen molar-refractivity contribution in [2.45, 2.75) is 130 Å². The number of nitrogens with zero attached hydrogens (tertiary/aromatic N) is 2. The van der Waals surface area contributed by atoms with Crippen LogP contribution in [0.15, 0.2) is 97.4 Å². The summed E-state index contributed by atoms with van der Waals surface area (Å²) in [4.78, 5) is 80.3. The van der Waals surface area contributed by atoms with Gasteiger partial charge in [-0.1, -0.05) is 45.6 Å². The van der Waals surface area contributed by atoms with Crippen LogP contribution in [0.5, 0.6) is 17.2 Å². The monoisotopic (exact) mass is 1130 g/mol. The van der Waals surface area contributed by atoms with E-state index in [0.717, 1.165) is 56.2 Å². The van der Waals surface area contributed by atoms with E-state index in [4.69, 9.17) is 23.9 Å². The van der Waals surface area contributed by atoms with Gasteiger partial charge in [-0.15, -0.1) is 0 Å². The summed E-state index contributed by atoms with van der Waals surface area (Å²) in [7, 11) is 2.57.